The standard InChI is InChI=1S/C25H27ClN2O4S/c1-25(2,3)18-9-12-20(13-10-18)32-16-15-27-24(29)22-17-19(11-14-23(22)26)28-33(30,31)21-7-5-4-6-8-21/h4-14,17,28H,15-16H2,1-3H3,(H,27,29). The maximum atomic E-state index is 12.6. The molecule has 2 N–H and O–H groups in total. The van der Waals surface area contributed by atoms with E-state index in [2.05, 4.69) is 30.8 Å². The zero-order valence-electron chi connectivity index (χ0n) is 18.8. The zero-order chi connectivity index (χ0) is 24.1. The first-order chi connectivity index (χ1) is 15.6. The third kappa shape index (κ3) is 6.73. The first-order valence-corrected chi connectivity index (χ1v) is 12.3. The molecule has 0 fully saturated rings. The SMILES string of the molecule is CC(C)(C)c1ccc(OCCNC(=O)c2cc(NS(=O)(=O)c3ccccc3)ccc2Cl)cc1. The molecule has 0 aliphatic carbocycles. The fourth-order valence-corrected chi connectivity index (χ4v) is 4.33. The molecular weight excluding hydrogens is 460 g/mol. The Labute approximate surface area is 200 Å². The van der Waals surface area contributed by atoms with E-state index in [4.69, 9.17) is 16.3 Å². The van der Waals surface area contributed by atoms with Crippen molar-refractivity contribution in [1.82, 2.24) is 5.32 Å². The summed E-state index contributed by atoms with van der Waals surface area (Å²) in [4.78, 5) is 12.7. The van der Waals surface area contributed by atoms with Crippen LogP contribution in [-0.2, 0) is 15.4 Å². The summed E-state index contributed by atoms with van der Waals surface area (Å²) in [5, 5.41) is 2.96. The second-order valence-corrected chi connectivity index (χ2v) is 10.6. The Balaban J connectivity index is 1.58. The van der Waals surface area contributed by atoms with E-state index in [9.17, 15) is 13.2 Å². The molecule has 0 atom stereocenters. The minimum absolute atomic E-state index is 0.0651. The van der Waals surface area contributed by atoms with E-state index in [1.54, 1.807) is 18.2 Å². The highest BCUT2D eigenvalue weighted by Gasteiger charge is 2.17. The lowest BCUT2D eigenvalue weighted by atomic mass is 9.87. The van der Waals surface area contributed by atoms with Gasteiger partial charge in [-0.05, 0) is 53.4 Å². The lowest BCUT2D eigenvalue weighted by molar-refractivity contribution is 0.0947. The van der Waals surface area contributed by atoms with Crippen molar-refractivity contribution in [3.05, 3.63) is 88.9 Å². The van der Waals surface area contributed by atoms with Crippen LogP contribution in [0.1, 0.15) is 36.7 Å². The number of nitrogens with one attached hydrogen (secondary N) is 2. The average Bonchev–Trinajstić information content (AvgIpc) is 2.78. The predicted molar refractivity (Wildman–Crippen MR) is 132 cm³/mol. The van der Waals surface area contributed by atoms with Gasteiger partial charge in [-0.2, -0.15) is 0 Å². The largest absolute Gasteiger partial charge is 0.492 e. The lowest BCUT2D eigenvalue weighted by Gasteiger charge is -2.19. The number of halogens is 1. The molecule has 174 valence electrons. The fourth-order valence-electron chi connectivity index (χ4n) is 3.06. The predicted octanol–water partition coefficient (Wildman–Crippen LogP) is 5.25. The van der Waals surface area contributed by atoms with Gasteiger partial charge in [-0.1, -0.05) is 62.7 Å². The van der Waals surface area contributed by atoms with Gasteiger partial charge in [0.1, 0.15) is 12.4 Å². The molecule has 0 aliphatic rings. The van der Waals surface area contributed by atoms with Crippen LogP contribution in [0.5, 0.6) is 5.75 Å². The van der Waals surface area contributed by atoms with Crippen molar-refractivity contribution in [1.29, 1.82) is 0 Å². The van der Waals surface area contributed by atoms with Crippen LogP contribution in [0.4, 0.5) is 5.69 Å². The van der Waals surface area contributed by atoms with Crippen LogP contribution < -0.4 is 14.8 Å². The van der Waals surface area contributed by atoms with Crippen molar-refractivity contribution in [2.75, 3.05) is 17.9 Å². The molecule has 3 aromatic rings. The summed E-state index contributed by atoms with van der Waals surface area (Å²) in [5.74, 6) is 0.292. The summed E-state index contributed by atoms with van der Waals surface area (Å²) in [5.41, 5.74) is 1.68. The fraction of sp³-hybridized carbons (Fsp3) is 0.240. The Morgan fingerprint density at radius 2 is 1.64 bits per heavy atom. The number of hydrogen-bond donors (Lipinski definition) is 2. The van der Waals surface area contributed by atoms with Crippen LogP contribution in [0, 0.1) is 0 Å². The van der Waals surface area contributed by atoms with E-state index in [-0.39, 0.29) is 39.7 Å². The molecule has 0 spiro atoms. The van der Waals surface area contributed by atoms with Gasteiger partial charge in [0.05, 0.1) is 22.0 Å². The molecule has 0 saturated carbocycles. The van der Waals surface area contributed by atoms with Crippen LogP contribution in [0.3, 0.4) is 0 Å². The number of hydrogen-bond acceptors (Lipinski definition) is 4. The summed E-state index contributed by atoms with van der Waals surface area (Å²) in [6.45, 7) is 6.97. The molecule has 3 rings (SSSR count). The highest BCUT2D eigenvalue weighted by atomic mass is 35.5. The van der Waals surface area contributed by atoms with E-state index in [0.717, 1.165) is 0 Å². The maximum absolute atomic E-state index is 12.6. The van der Waals surface area contributed by atoms with Gasteiger partial charge in [-0.3, -0.25) is 9.52 Å². The van der Waals surface area contributed by atoms with Crippen molar-refractivity contribution < 1.29 is 17.9 Å². The van der Waals surface area contributed by atoms with Crippen LogP contribution >= 0.6 is 11.6 Å². The number of rotatable bonds is 8. The number of benzene rings is 3. The van der Waals surface area contributed by atoms with Crippen molar-refractivity contribution in [2.45, 2.75) is 31.1 Å². The van der Waals surface area contributed by atoms with E-state index in [1.807, 2.05) is 24.3 Å². The number of carbonyl (C=O) groups excluding carboxylic acids is 1. The third-order valence-corrected chi connectivity index (χ3v) is 6.62. The van der Waals surface area contributed by atoms with Gasteiger partial charge in [0.25, 0.3) is 15.9 Å². The highest BCUT2D eigenvalue weighted by molar-refractivity contribution is 7.92. The molecule has 6 nitrogen and oxygen atoms in total. The number of ether oxygens (including phenoxy) is 1. The molecule has 0 saturated heterocycles. The van der Waals surface area contributed by atoms with Crippen molar-refractivity contribution in [3.8, 4) is 5.75 Å². The second kappa shape index (κ2) is 10.3. The lowest BCUT2D eigenvalue weighted by Crippen LogP contribution is -2.28. The molecule has 0 heterocycles. The maximum Gasteiger partial charge on any atom is 0.261 e. The quantitative estimate of drug-likeness (QED) is 0.426. The summed E-state index contributed by atoms with van der Waals surface area (Å²) in [7, 11) is -3.78. The third-order valence-electron chi connectivity index (χ3n) is 4.89. The molecule has 0 aliphatic heterocycles. The van der Waals surface area contributed by atoms with E-state index in [1.165, 1.54) is 35.9 Å². The molecule has 0 unspecified atom stereocenters. The molecule has 8 heteroatoms. The number of amides is 1. The summed E-state index contributed by atoms with van der Waals surface area (Å²) < 4.78 is 33.2. The van der Waals surface area contributed by atoms with Gasteiger partial charge in [0, 0.05) is 5.69 Å². The molecule has 33 heavy (non-hydrogen) atoms. The Kier molecular flexibility index (Phi) is 7.66. The van der Waals surface area contributed by atoms with Gasteiger partial charge in [0.2, 0.25) is 0 Å². The van der Waals surface area contributed by atoms with Crippen LogP contribution in [0.15, 0.2) is 77.7 Å². The summed E-state index contributed by atoms with van der Waals surface area (Å²) >= 11 is 6.17. The molecule has 0 bridgehead atoms. The summed E-state index contributed by atoms with van der Waals surface area (Å²) in [6.07, 6.45) is 0. The Morgan fingerprint density at radius 1 is 0.970 bits per heavy atom. The van der Waals surface area contributed by atoms with Crippen molar-refractivity contribution in [2.24, 2.45) is 0 Å². The molecular formula is C25H27ClN2O4S. The average molecular weight is 487 g/mol. The monoisotopic (exact) mass is 486 g/mol. The van der Waals surface area contributed by atoms with Gasteiger partial charge in [-0.15, -0.1) is 0 Å². The van der Waals surface area contributed by atoms with Crippen molar-refractivity contribution in [3.63, 3.8) is 0 Å². The van der Waals surface area contributed by atoms with Gasteiger partial charge < -0.3 is 10.1 Å². The van der Waals surface area contributed by atoms with E-state index < -0.39 is 15.9 Å². The van der Waals surface area contributed by atoms with Crippen LogP contribution in [0.2, 0.25) is 5.02 Å². The Hall–Kier alpha value is -3.03. The van der Waals surface area contributed by atoms with Crippen LogP contribution in [0.25, 0.3) is 0 Å². The molecule has 3 aromatic carbocycles. The number of carbonyl (C=O) groups is 1. The molecule has 0 radical (unpaired) electrons. The Morgan fingerprint density at radius 3 is 2.27 bits per heavy atom. The van der Waals surface area contributed by atoms with Gasteiger partial charge in [-0.25, -0.2) is 8.42 Å². The van der Waals surface area contributed by atoms with Crippen molar-refractivity contribution >= 4 is 33.2 Å². The minimum Gasteiger partial charge on any atom is -0.492 e. The first-order valence-electron chi connectivity index (χ1n) is 10.5. The topological polar surface area (TPSA) is 84.5 Å². The highest BCUT2D eigenvalue weighted by Crippen LogP contribution is 2.25. The smallest absolute Gasteiger partial charge is 0.261 e. The number of sulfonamides is 1. The zero-order valence-corrected chi connectivity index (χ0v) is 20.3. The Bertz CT molecular complexity index is 1210. The van der Waals surface area contributed by atoms with E-state index >= 15 is 0 Å². The first kappa shape index (κ1) is 24.6. The van der Waals surface area contributed by atoms with Crippen LogP contribution in [-0.4, -0.2) is 27.5 Å². The van der Waals surface area contributed by atoms with Gasteiger partial charge in [0.15, 0.2) is 0 Å². The van der Waals surface area contributed by atoms with Gasteiger partial charge >= 0.3 is 0 Å². The second-order valence-electron chi connectivity index (χ2n) is 8.49. The molecule has 1 amide bonds. The van der Waals surface area contributed by atoms with E-state index in [0.29, 0.717) is 5.75 Å². The number of anilines is 1. The summed E-state index contributed by atoms with van der Waals surface area (Å²) in [6, 6.07) is 20.2. The minimum atomic E-state index is -3.78. The molecule has 0 aromatic heterocycles. The normalized spacial score (nSPS) is 11.6.